The zero-order chi connectivity index (χ0) is 19.1. The first-order chi connectivity index (χ1) is 12.5. The Hall–Kier alpha value is -3.22. The van der Waals surface area contributed by atoms with Crippen LogP contribution < -0.4 is 24.8 Å². The predicted octanol–water partition coefficient (Wildman–Crippen LogP) is 2.60. The number of carbonyl (C=O) groups excluding carboxylic acids is 2. The zero-order valence-corrected chi connectivity index (χ0v) is 15.2. The number of methoxy groups -OCH3 is 3. The number of carbonyl (C=O) groups is 2. The summed E-state index contributed by atoms with van der Waals surface area (Å²) in [6.07, 6.45) is 0. The van der Waals surface area contributed by atoms with Gasteiger partial charge in [0, 0.05) is 31.3 Å². The van der Waals surface area contributed by atoms with Crippen molar-refractivity contribution in [3.8, 4) is 17.2 Å². The molecule has 0 bridgehead atoms. The third kappa shape index (κ3) is 4.66. The van der Waals surface area contributed by atoms with Crippen LogP contribution in [0.1, 0.15) is 22.8 Å². The van der Waals surface area contributed by atoms with E-state index in [1.807, 2.05) is 12.1 Å². The minimum atomic E-state index is -0.297. The Morgan fingerprint density at radius 1 is 0.885 bits per heavy atom. The summed E-state index contributed by atoms with van der Waals surface area (Å²) in [5.41, 5.74) is 1.95. The fraction of sp³-hybridized carbons (Fsp3) is 0.263. The summed E-state index contributed by atoms with van der Waals surface area (Å²) >= 11 is 0. The molecule has 138 valence electrons. The van der Waals surface area contributed by atoms with Crippen molar-refractivity contribution >= 4 is 17.5 Å². The average molecular weight is 358 g/mol. The van der Waals surface area contributed by atoms with Gasteiger partial charge in [0.15, 0.2) is 11.5 Å². The Balaban J connectivity index is 2.11. The maximum Gasteiger partial charge on any atom is 0.255 e. The minimum Gasteiger partial charge on any atom is -0.496 e. The molecule has 2 N–H and O–H groups in total. The van der Waals surface area contributed by atoms with Crippen LogP contribution in [0.3, 0.4) is 0 Å². The van der Waals surface area contributed by atoms with E-state index in [2.05, 4.69) is 10.6 Å². The summed E-state index contributed by atoms with van der Waals surface area (Å²) < 4.78 is 15.7. The van der Waals surface area contributed by atoms with Crippen LogP contribution in [0.25, 0.3) is 0 Å². The van der Waals surface area contributed by atoms with Crippen molar-refractivity contribution in [2.45, 2.75) is 13.5 Å². The van der Waals surface area contributed by atoms with E-state index in [1.54, 1.807) is 24.3 Å². The lowest BCUT2D eigenvalue weighted by atomic mass is 10.1. The molecule has 7 heteroatoms. The third-order valence-electron chi connectivity index (χ3n) is 3.68. The highest BCUT2D eigenvalue weighted by Gasteiger charge is 2.17. The SMILES string of the molecule is COc1cc(OC)c(C(=O)NCc2ccc(NC(C)=O)cc2)cc1OC. The fourth-order valence-electron chi connectivity index (χ4n) is 2.39. The Bertz CT molecular complexity index is 787. The maximum atomic E-state index is 12.5. The predicted molar refractivity (Wildman–Crippen MR) is 98.0 cm³/mol. The van der Waals surface area contributed by atoms with Crippen molar-refractivity contribution in [2.75, 3.05) is 26.6 Å². The highest BCUT2D eigenvalue weighted by Crippen LogP contribution is 2.34. The largest absolute Gasteiger partial charge is 0.496 e. The molecule has 0 fully saturated rings. The van der Waals surface area contributed by atoms with Crippen molar-refractivity contribution < 1.29 is 23.8 Å². The smallest absolute Gasteiger partial charge is 0.255 e. The van der Waals surface area contributed by atoms with Gasteiger partial charge in [0.25, 0.3) is 5.91 Å². The van der Waals surface area contributed by atoms with E-state index in [4.69, 9.17) is 14.2 Å². The number of hydrogen-bond acceptors (Lipinski definition) is 5. The summed E-state index contributed by atoms with van der Waals surface area (Å²) in [5.74, 6) is 0.883. The van der Waals surface area contributed by atoms with E-state index >= 15 is 0 Å². The van der Waals surface area contributed by atoms with Crippen LogP contribution >= 0.6 is 0 Å². The first-order valence-electron chi connectivity index (χ1n) is 7.93. The lowest BCUT2D eigenvalue weighted by molar-refractivity contribution is -0.114. The molecule has 0 aliphatic carbocycles. The van der Waals surface area contributed by atoms with Crippen molar-refractivity contribution in [2.24, 2.45) is 0 Å². The van der Waals surface area contributed by atoms with Gasteiger partial charge < -0.3 is 24.8 Å². The van der Waals surface area contributed by atoms with Gasteiger partial charge in [0.1, 0.15) is 5.75 Å². The number of nitrogens with one attached hydrogen (secondary N) is 2. The molecule has 0 aromatic heterocycles. The monoisotopic (exact) mass is 358 g/mol. The average Bonchev–Trinajstić information content (AvgIpc) is 2.65. The molecule has 0 atom stereocenters. The fourth-order valence-corrected chi connectivity index (χ4v) is 2.39. The topological polar surface area (TPSA) is 85.9 Å². The number of anilines is 1. The van der Waals surface area contributed by atoms with Gasteiger partial charge in [-0.05, 0) is 17.7 Å². The normalized spacial score (nSPS) is 10.0. The maximum absolute atomic E-state index is 12.5. The third-order valence-corrected chi connectivity index (χ3v) is 3.68. The molecule has 7 nitrogen and oxygen atoms in total. The highest BCUT2D eigenvalue weighted by atomic mass is 16.5. The molecule has 2 rings (SSSR count). The van der Waals surface area contributed by atoms with Gasteiger partial charge in [-0.15, -0.1) is 0 Å². The van der Waals surface area contributed by atoms with Gasteiger partial charge in [0.05, 0.1) is 26.9 Å². The second kappa shape index (κ2) is 8.75. The molecule has 0 aliphatic heterocycles. The van der Waals surface area contributed by atoms with Crippen molar-refractivity contribution in [1.29, 1.82) is 0 Å². The van der Waals surface area contributed by atoms with E-state index < -0.39 is 0 Å². The summed E-state index contributed by atoms with van der Waals surface area (Å²) in [4.78, 5) is 23.6. The molecule has 0 aliphatic rings. The van der Waals surface area contributed by atoms with Gasteiger partial charge in [-0.2, -0.15) is 0 Å². The van der Waals surface area contributed by atoms with Crippen LogP contribution in [-0.4, -0.2) is 33.1 Å². The lowest BCUT2D eigenvalue weighted by Crippen LogP contribution is -2.23. The highest BCUT2D eigenvalue weighted by molar-refractivity contribution is 5.97. The molecular formula is C19H22N2O5. The summed E-state index contributed by atoms with van der Waals surface area (Å²) in [6, 6.07) is 10.4. The number of rotatable bonds is 7. The molecule has 0 heterocycles. The van der Waals surface area contributed by atoms with E-state index in [1.165, 1.54) is 28.3 Å². The lowest BCUT2D eigenvalue weighted by Gasteiger charge is -2.14. The second-order valence-corrected chi connectivity index (χ2v) is 5.47. The molecule has 0 radical (unpaired) electrons. The Morgan fingerprint density at radius 2 is 1.46 bits per heavy atom. The molecule has 2 aromatic carbocycles. The molecular weight excluding hydrogens is 336 g/mol. The van der Waals surface area contributed by atoms with Gasteiger partial charge >= 0.3 is 0 Å². The number of benzene rings is 2. The molecule has 0 saturated carbocycles. The van der Waals surface area contributed by atoms with Crippen molar-refractivity contribution in [3.63, 3.8) is 0 Å². The van der Waals surface area contributed by atoms with Crippen LogP contribution in [-0.2, 0) is 11.3 Å². The molecule has 26 heavy (non-hydrogen) atoms. The van der Waals surface area contributed by atoms with E-state index in [9.17, 15) is 9.59 Å². The van der Waals surface area contributed by atoms with Crippen molar-refractivity contribution in [1.82, 2.24) is 5.32 Å². The molecule has 2 amide bonds. The molecule has 0 spiro atoms. The molecule has 0 unspecified atom stereocenters. The second-order valence-electron chi connectivity index (χ2n) is 5.47. The first kappa shape index (κ1) is 19.1. The van der Waals surface area contributed by atoms with E-state index in [0.29, 0.717) is 35.0 Å². The standard InChI is InChI=1S/C19H22N2O5/c1-12(22)21-14-7-5-13(6-8-14)11-20-19(23)15-9-17(25-3)18(26-4)10-16(15)24-2/h5-10H,11H2,1-4H3,(H,20,23)(H,21,22). The minimum absolute atomic E-state index is 0.133. The van der Waals surface area contributed by atoms with Crippen LogP contribution in [0.5, 0.6) is 17.2 Å². The van der Waals surface area contributed by atoms with Crippen LogP contribution in [0.4, 0.5) is 5.69 Å². The summed E-state index contributed by atoms with van der Waals surface area (Å²) in [5, 5.41) is 5.53. The number of ether oxygens (including phenoxy) is 3. The van der Waals surface area contributed by atoms with Crippen LogP contribution in [0.2, 0.25) is 0 Å². The number of amides is 2. The van der Waals surface area contributed by atoms with Crippen LogP contribution in [0, 0.1) is 0 Å². The Morgan fingerprint density at radius 3 is 2.00 bits per heavy atom. The first-order valence-corrected chi connectivity index (χ1v) is 7.93. The Labute approximate surface area is 152 Å². The van der Waals surface area contributed by atoms with Crippen molar-refractivity contribution in [3.05, 3.63) is 47.5 Å². The summed E-state index contributed by atoms with van der Waals surface area (Å²) in [6.45, 7) is 1.78. The summed E-state index contributed by atoms with van der Waals surface area (Å²) in [7, 11) is 4.50. The molecule has 2 aromatic rings. The van der Waals surface area contributed by atoms with Crippen LogP contribution in [0.15, 0.2) is 36.4 Å². The van der Waals surface area contributed by atoms with Gasteiger partial charge in [0.2, 0.25) is 5.91 Å². The zero-order valence-electron chi connectivity index (χ0n) is 15.2. The van der Waals surface area contributed by atoms with Gasteiger partial charge in [-0.3, -0.25) is 9.59 Å². The van der Waals surface area contributed by atoms with E-state index in [0.717, 1.165) is 5.56 Å². The number of hydrogen-bond donors (Lipinski definition) is 2. The quantitative estimate of drug-likeness (QED) is 0.795. The molecule has 0 saturated heterocycles. The van der Waals surface area contributed by atoms with E-state index in [-0.39, 0.29) is 11.8 Å². The Kier molecular flexibility index (Phi) is 6.43. The van der Waals surface area contributed by atoms with Gasteiger partial charge in [-0.1, -0.05) is 12.1 Å². The van der Waals surface area contributed by atoms with Gasteiger partial charge in [-0.25, -0.2) is 0 Å².